The highest BCUT2D eigenvalue weighted by molar-refractivity contribution is 5.92. The number of aryl methyl sites for hydroxylation is 2. The maximum atomic E-state index is 14.0. The number of carbonyl (C=O) groups excluding carboxylic acids is 1. The Morgan fingerprint density at radius 3 is 2.28 bits per heavy atom. The second-order valence-corrected chi connectivity index (χ2v) is 9.63. The topological polar surface area (TPSA) is 84.3 Å². The molecule has 4 rings (SSSR count). The minimum absolute atomic E-state index is 0.0146. The lowest BCUT2D eigenvalue weighted by atomic mass is 10.0. The molecule has 1 unspecified atom stereocenters. The molecule has 6 nitrogen and oxygen atoms in total. The third kappa shape index (κ3) is 6.64. The summed E-state index contributed by atoms with van der Waals surface area (Å²) in [6, 6.07) is 18.8. The molecule has 2 N–H and O–H groups in total. The van der Waals surface area contributed by atoms with E-state index in [1.807, 2.05) is 19.1 Å². The Labute approximate surface area is 226 Å². The number of aromatic nitrogens is 2. The maximum Gasteiger partial charge on any atom is 0.298 e. The van der Waals surface area contributed by atoms with E-state index in [0.717, 1.165) is 23.6 Å². The van der Waals surface area contributed by atoms with E-state index >= 15 is 0 Å². The number of amides is 1. The van der Waals surface area contributed by atoms with Gasteiger partial charge in [0.05, 0.1) is 6.42 Å². The lowest BCUT2D eigenvalue weighted by molar-refractivity contribution is -0.115. The number of rotatable bonds is 9. The van der Waals surface area contributed by atoms with E-state index in [1.165, 1.54) is 29.8 Å². The van der Waals surface area contributed by atoms with Gasteiger partial charge in [-0.05, 0) is 56.5 Å². The molecule has 3 aromatic carbocycles. The van der Waals surface area contributed by atoms with Crippen LogP contribution in [0.25, 0.3) is 11.3 Å². The molecule has 0 bridgehead atoms. The Morgan fingerprint density at radius 1 is 0.974 bits per heavy atom. The molecule has 0 saturated heterocycles. The molecular formula is C31H31F2N3O3. The first-order chi connectivity index (χ1) is 18.5. The second-order valence-electron chi connectivity index (χ2n) is 9.63. The van der Waals surface area contributed by atoms with Gasteiger partial charge in [-0.2, -0.15) is 8.78 Å². The molecule has 0 saturated carbocycles. The fourth-order valence-electron chi connectivity index (χ4n) is 4.31. The standard InChI is InChI=1S/C31H31F2N3O3/c1-19-5-14-27(20(2)17-19)21(3)39-30-29(34-15-16-35-30)24-8-12-26(13-9-24)36-28(38)18-23-6-10-25(11-7-23)31(32,33)22(4)37/h5-17,21-22,37H,18H2,1-4H3,(H,36,38)/t21-,22?/m1/s1. The predicted molar refractivity (Wildman–Crippen MR) is 147 cm³/mol. The van der Waals surface area contributed by atoms with Gasteiger partial charge in [0.15, 0.2) is 0 Å². The van der Waals surface area contributed by atoms with Crippen molar-refractivity contribution < 1.29 is 23.4 Å². The van der Waals surface area contributed by atoms with E-state index in [2.05, 4.69) is 47.3 Å². The lowest BCUT2D eigenvalue weighted by Crippen LogP contribution is -2.27. The number of aliphatic hydroxyl groups excluding tert-OH is 1. The van der Waals surface area contributed by atoms with Crippen molar-refractivity contribution in [3.05, 3.63) is 107 Å². The van der Waals surface area contributed by atoms with Crippen molar-refractivity contribution in [2.24, 2.45) is 0 Å². The van der Waals surface area contributed by atoms with Gasteiger partial charge >= 0.3 is 0 Å². The molecular weight excluding hydrogens is 500 g/mol. The average molecular weight is 532 g/mol. The van der Waals surface area contributed by atoms with Gasteiger partial charge in [-0.3, -0.25) is 4.79 Å². The van der Waals surface area contributed by atoms with Gasteiger partial charge in [0.2, 0.25) is 11.8 Å². The van der Waals surface area contributed by atoms with Crippen molar-refractivity contribution in [3.8, 4) is 17.1 Å². The van der Waals surface area contributed by atoms with E-state index in [1.54, 1.807) is 24.5 Å². The summed E-state index contributed by atoms with van der Waals surface area (Å²) < 4.78 is 34.1. The second kappa shape index (κ2) is 11.7. The van der Waals surface area contributed by atoms with E-state index in [0.29, 0.717) is 22.8 Å². The Balaban J connectivity index is 1.42. The molecule has 4 aromatic rings. The van der Waals surface area contributed by atoms with E-state index < -0.39 is 12.0 Å². The first-order valence-electron chi connectivity index (χ1n) is 12.6. The zero-order valence-corrected chi connectivity index (χ0v) is 22.3. The molecule has 2 atom stereocenters. The van der Waals surface area contributed by atoms with Crippen LogP contribution in [0, 0.1) is 13.8 Å². The van der Waals surface area contributed by atoms with E-state index in [-0.39, 0.29) is 24.0 Å². The van der Waals surface area contributed by atoms with Crippen LogP contribution in [0.3, 0.4) is 0 Å². The van der Waals surface area contributed by atoms with Crippen molar-refractivity contribution in [2.75, 3.05) is 5.32 Å². The lowest BCUT2D eigenvalue weighted by Gasteiger charge is -2.19. The third-order valence-electron chi connectivity index (χ3n) is 6.49. The zero-order valence-electron chi connectivity index (χ0n) is 22.3. The Kier molecular flexibility index (Phi) is 8.35. The first-order valence-corrected chi connectivity index (χ1v) is 12.6. The Bertz CT molecular complexity index is 1440. The fourth-order valence-corrected chi connectivity index (χ4v) is 4.31. The number of nitrogens with one attached hydrogen (secondary N) is 1. The molecule has 0 radical (unpaired) electrons. The molecule has 202 valence electrons. The molecule has 0 fully saturated rings. The summed E-state index contributed by atoms with van der Waals surface area (Å²) in [6.07, 6.45) is 1.16. The highest BCUT2D eigenvalue weighted by Gasteiger charge is 2.37. The number of carbonyl (C=O) groups is 1. The number of alkyl halides is 2. The molecule has 39 heavy (non-hydrogen) atoms. The SMILES string of the molecule is Cc1ccc([C@@H](C)Oc2nccnc2-c2ccc(NC(=O)Cc3ccc(C(F)(F)C(C)O)cc3)cc2)c(C)c1. The fraction of sp³-hybridized carbons (Fsp3) is 0.258. The van der Waals surface area contributed by atoms with Crippen LogP contribution < -0.4 is 10.1 Å². The smallest absolute Gasteiger partial charge is 0.298 e. The van der Waals surface area contributed by atoms with Gasteiger partial charge in [-0.25, -0.2) is 9.97 Å². The number of anilines is 1. The number of benzene rings is 3. The summed E-state index contributed by atoms with van der Waals surface area (Å²) in [5, 5.41) is 12.1. The summed E-state index contributed by atoms with van der Waals surface area (Å²) in [6.45, 7) is 7.12. The highest BCUT2D eigenvalue weighted by Crippen LogP contribution is 2.32. The van der Waals surface area contributed by atoms with Crippen molar-refractivity contribution in [1.29, 1.82) is 0 Å². The van der Waals surface area contributed by atoms with Gasteiger partial charge in [0.1, 0.15) is 17.9 Å². The molecule has 1 heterocycles. The van der Waals surface area contributed by atoms with Gasteiger partial charge < -0.3 is 15.2 Å². The summed E-state index contributed by atoms with van der Waals surface area (Å²) in [5.74, 6) is -3.23. The summed E-state index contributed by atoms with van der Waals surface area (Å²) >= 11 is 0. The zero-order chi connectivity index (χ0) is 28.2. The Hall–Kier alpha value is -4.17. The largest absolute Gasteiger partial charge is 0.468 e. The number of hydrogen-bond acceptors (Lipinski definition) is 5. The normalized spacial score (nSPS) is 13.0. The van der Waals surface area contributed by atoms with Gasteiger partial charge in [-0.15, -0.1) is 0 Å². The van der Waals surface area contributed by atoms with Crippen LogP contribution in [-0.2, 0) is 17.1 Å². The predicted octanol–water partition coefficient (Wildman–Crippen LogP) is 6.55. The number of aliphatic hydroxyl groups is 1. The van der Waals surface area contributed by atoms with Gasteiger partial charge in [0.25, 0.3) is 5.92 Å². The molecule has 1 amide bonds. The van der Waals surface area contributed by atoms with Crippen LogP contribution in [0.5, 0.6) is 5.88 Å². The van der Waals surface area contributed by atoms with E-state index in [4.69, 9.17) is 4.74 Å². The van der Waals surface area contributed by atoms with Crippen molar-refractivity contribution in [2.45, 2.75) is 52.2 Å². The van der Waals surface area contributed by atoms with Gasteiger partial charge in [0, 0.05) is 29.2 Å². The van der Waals surface area contributed by atoms with Crippen LogP contribution >= 0.6 is 0 Å². The van der Waals surface area contributed by atoms with Crippen LogP contribution in [-0.4, -0.2) is 27.1 Å². The monoisotopic (exact) mass is 531 g/mol. The molecule has 1 aromatic heterocycles. The van der Waals surface area contributed by atoms with Gasteiger partial charge in [-0.1, -0.05) is 60.2 Å². The van der Waals surface area contributed by atoms with Crippen LogP contribution in [0.4, 0.5) is 14.5 Å². The van der Waals surface area contributed by atoms with Crippen molar-refractivity contribution >= 4 is 11.6 Å². The van der Waals surface area contributed by atoms with Crippen LogP contribution in [0.1, 0.15) is 47.8 Å². The summed E-state index contributed by atoms with van der Waals surface area (Å²) in [7, 11) is 0. The number of hydrogen-bond donors (Lipinski definition) is 2. The maximum absolute atomic E-state index is 14.0. The summed E-state index contributed by atoms with van der Waals surface area (Å²) in [4.78, 5) is 21.4. The van der Waals surface area contributed by atoms with Crippen LogP contribution in [0.15, 0.2) is 79.1 Å². The highest BCUT2D eigenvalue weighted by atomic mass is 19.3. The quantitative estimate of drug-likeness (QED) is 0.256. The molecule has 0 aliphatic heterocycles. The molecule has 0 spiro atoms. The van der Waals surface area contributed by atoms with Crippen molar-refractivity contribution in [3.63, 3.8) is 0 Å². The van der Waals surface area contributed by atoms with Crippen molar-refractivity contribution in [1.82, 2.24) is 9.97 Å². The molecule has 0 aliphatic carbocycles. The number of nitrogens with zero attached hydrogens (tertiary/aromatic N) is 2. The average Bonchev–Trinajstić information content (AvgIpc) is 2.89. The first kappa shape index (κ1) is 27.9. The minimum Gasteiger partial charge on any atom is -0.468 e. The minimum atomic E-state index is -3.35. The number of halogens is 2. The molecule has 0 aliphatic rings. The summed E-state index contributed by atoms with van der Waals surface area (Å²) in [5.41, 5.74) is 5.62. The van der Waals surface area contributed by atoms with E-state index in [9.17, 15) is 18.7 Å². The van der Waals surface area contributed by atoms with Crippen LogP contribution in [0.2, 0.25) is 0 Å². The Morgan fingerprint density at radius 2 is 1.64 bits per heavy atom. The third-order valence-corrected chi connectivity index (χ3v) is 6.49. The number of ether oxygens (including phenoxy) is 1. The molecule has 8 heteroatoms.